The molecule has 0 unspecified atom stereocenters. The van der Waals surface area contributed by atoms with E-state index in [1.54, 1.807) is 13.0 Å². The number of anilines is 1. The van der Waals surface area contributed by atoms with Gasteiger partial charge in [-0.3, -0.25) is 4.79 Å². The summed E-state index contributed by atoms with van der Waals surface area (Å²) in [6.45, 7) is 1.74. The van der Waals surface area contributed by atoms with Gasteiger partial charge in [-0.25, -0.2) is 15.0 Å². The van der Waals surface area contributed by atoms with Gasteiger partial charge in [-0.1, -0.05) is 23.2 Å². The molecule has 2 heterocycles. The lowest BCUT2D eigenvalue weighted by molar-refractivity contribution is 0.102. The first kappa shape index (κ1) is 14.0. The number of nitrogens with zero attached hydrogens (tertiary/aromatic N) is 3. The van der Waals surface area contributed by atoms with Crippen molar-refractivity contribution in [3.05, 3.63) is 45.0 Å². The van der Waals surface area contributed by atoms with Gasteiger partial charge in [0, 0.05) is 17.3 Å². The highest BCUT2D eigenvalue weighted by Crippen LogP contribution is 2.16. The summed E-state index contributed by atoms with van der Waals surface area (Å²) in [5, 5.41) is 2.88. The average molecular weight is 318 g/mol. The van der Waals surface area contributed by atoms with Crippen LogP contribution in [0.5, 0.6) is 0 Å². The molecule has 0 saturated carbocycles. The van der Waals surface area contributed by atoms with Crippen LogP contribution in [-0.4, -0.2) is 20.9 Å². The van der Waals surface area contributed by atoms with E-state index < -0.39 is 5.91 Å². The Morgan fingerprint density at radius 1 is 1.05 bits per heavy atom. The van der Waals surface area contributed by atoms with Crippen LogP contribution in [-0.2, 0) is 0 Å². The van der Waals surface area contributed by atoms with Crippen molar-refractivity contribution in [2.45, 2.75) is 6.92 Å². The van der Waals surface area contributed by atoms with E-state index in [-0.39, 0.29) is 21.4 Å². The minimum atomic E-state index is -0.391. The third kappa shape index (κ3) is 3.76. The van der Waals surface area contributed by atoms with E-state index in [0.717, 1.165) is 0 Å². The predicted molar refractivity (Wildman–Crippen MR) is 74.0 cm³/mol. The molecule has 2 rings (SSSR count). The molecule has 0 bridgehead atoms. The van der Waals surface area contributed by atoms with Gasteiger partial charge < -0.3 is 5.32 Å². The van der Waals surface area contributed by atoms with E-state index in [0.29, 0.717) is 11.3 Å². The first-order valence-electron chi connectivity index (χ1n) is 5.09. The largest absolute Gasteiger partial charge is 0.306 e. The smallest absolute Gasteiger partial charge is 0.256 e. The van der Waals surface area contributed by atoms with Crippen LogP contribution in [0.1, 0.15) is 16.1 Å². The Balaban J connectivity index is 2.25. The van der Waals surface area contributed by atoms with Crippen LogP contribution < -0.4 is 5.32 Å². The monoisotopic (exact) mass is 316 g/mol. The topological polar surface area (TPSA) is 67.8 Å². The fourth-order valence-corrected chi connectivity index (χ4v) is 2.06. The molecule has 0 saturated heterocycles. The number of nitrogens with one attached hydrogen (secondary N) is 1. The third-order valence-corrected chi connectivity index (χ3v) is 2.65. The fourth-order valence-electron chi connectivity index (χ4n) is 1.40. The highest BCUT2D eigenvalue weighted by Gasteiger charge is 2.10. The fraction of sp³-hybridized carbons (Fsp3) is 0.0909. The number of carbonyl (C=O) groups excluding carboxylic acids is 1. The minimum absolute atomic E-state index is 0.0493. The molecule has 0 fully saturated rings. The average Bonchev–Trinajstić information content (AvgIpc) is 2.25. The van der Waals surface area contributed by atoms with Gasteiger partial charge >= 0.3 is 0 Å². The van der Waals surface area contributed by atoms with Gasteiger partial charge in [0.2, 0.25) is 5.28 Å². The number of hydrogen-bond acceptors (Lipinski definition) is 4. The van der Waals surface area contributed by atoms with Crippen LogP contribution in [0.25, 0.3) is 0 Å². The number of amides is 1. The van der Waals surface area contributed by atoms with E-state index in [1.807, 2.05) is 0 Å². The van der Waals surface area contributed by atoms with Crippen molar-refractivity contribution >= 4 is 46.5 Å². The summed E-state index contributed by atoms with van der Waals surface area (Å²) in [7, 11) is 0. The second kappa shape index (κ2) is 5.69. The summed E-state index contributed by atoms with van der Waals surface area (Å²) in [5.74, 6) is -0.182. The van der Waals surface area contributed by atoms with E-state index in [9.17, 15) is 4.79 Å². The molecule has 1 amide bonds. The predicted octanol–water partition coefficient (Wildman–Crippen LogP) is 3.39. The maximum atomic E-state index is 12.0. The molecule has 0 atom stereocenters. The van der Waals surface area contributed by atoms with Crippen LogP contribution in [0, 0.1) is 6.92 Å². The number of aromatic nitrogens is 3. The van der Waals surface area contributed by atoms with Crippen LogP contribution in [0.2, 0.25) is 15.6 Å². The molecule has 0 radical (unpaired) electrons. The van der Waals surface area contributed by atoms with Gasteiger partial charge in [0.25, 0.3) is 5.91 Å². The minimum Gasteiger partial charge on any atom is -0.306 e. The Labute approximate surface area is 123 Å². The molecule has 0 aromatic carbocycles. The molecule has 98 valence electrons. The molecule has 0 aliphatic carbocycles. The summed E-state index contributed by atoms with van der Waals surface area (Å²) in [5.41, 5.74) is 1.000. The second-order valence-electron chi connectivity index (χ2n) is 3.62. The molecule has 0 aliphatic heterocycles. The first-order valence-corrected chi connectivity index (χ1v) is 6.23. The van der Waals surface area contributed by atoms with E-state index in [1.165, 1.54) is 12.1 Å². The molecular formula is C11H7Cl3N4O. The Morgan fingerprint density at radius 2 is 1.74 bits per heavy atom. The lowest BCUT2D eigenvalue weighted by Gasteiger charge is -2.06. The summed E-state index contributed by atoms with van der Waals surface area (Å²) in [4.78, 5) is 23.5. The number of aryl methyl sites for hydroxylation is 1. The number of pyridine rings is 1. The van der Waals surface area contributed by atoms with Crippen molar-refractivity contribution in [3.63, 3.8) is 0 Å². The van der Waals surface area contributed by atoms with Crippen LogP contribution >= 0.6 is 34.8 Å². The van der Waals surface area contributed by atoms with Gasteiger partial charge in [-0.15, -0.1) is 0 Å². The molecule has 1 N–H and O–H groups in total. The zero-order chi connectivity index (χ0) is 14.0. The molecule has 0 spiro atoms. The van der Waals surface area contributed by atoms with Crippen molar-refractivity contribution in [2.75, 3.05) is 5.32 Å². The Kier molecular flexibility index (Phi) is 4.19. The normalized spacial score (nSPS) is 10.3. The standard InChI is InChI=1S/C11H7Cl3N4O/c1-5-2-6(3-7(12)15-5)10(19)17-9-4-8(13)16-11(14)18-9/h2-4H,1H3,(H,16,17,18,19). The highest BCUT2D eigenvalue weighted by molar-refractivity contribution is 6.32. The van der Waals surface area contributed by atoms with Crippen LogP contribution in [0.4, 0.5) is 5.82 Å². The Morgan fingerprint density at radius 3 is 2.37 bits per heavy atom. The van der Waals surface area contributed by atoms with Crippen LogP contribution in [0.15, 0.2) is 18.2 Å². The zero-order valence-electron chi connectivity index (χ0n) is 9.62. The van der Waals surface area contributed by atoms with Crippen molar-refractivity contribution in [1.82, 2.24) is 15.0 Å². The molecule has 2 aromatic heterocycles. The Bertz CT molecular complexity index is 607. The number of carbonyl (C=O) groups is 1. The summed E-state index contributed by atoms with van der Waals surface area (Å²) >= 11 is 17.1. The summed E-state index contributed by atoms with van der Waals surface area (Å²) in [6.07, 6.45) is 0. The quantitative estimate of drug-likeness (QED) is 0.524. The van der Waals surface area contributed by atoms with Crippen molar-refractivity contribution < 1.29 is 4.79 Å². The maximum absolute atomic E-state index is 12.0. The molecular weight excluding hydrogens is 311 g/mol. The lowest BCUT2D eigenvalue weighted by atomic mass is 10.2. The van der Waals surface area contributed by atoms with Gasteiger partial charge in [0.1, 0.15) is 16.1 Å². The molecule has 2 aromatic rings. The van der Waals surface area contributed by atoms with E-state index in [4.69, 9.17) is 34.8 Å². The van der Waals surface area contributed by atoms with Gasteiger partial charge in [-0.05, 0) is 30.7 Å². The summed E-state index contributed by atoms with van der Waals surface area (Å²) < 4.78 is 0. The van der Waals surface area contributed by atoms with Gasteiger partial charge in [0.05, 0.1) is 0 Å². The van der Waals surface area contributed by atoms with Crippen molar-refractivity contribution in [1.29, 1.82) is 0 Å². The number of rotatable bonds is 2. The van der Waals surface area contributed by atoms with E-state index in [2.05, 4.69) is 20.3 Å². The second-order valence-corrected chi connectivity index (χ2v) is 4.73. The van der Waals surface area contributed by atoms with Crippen molar-refractivity contribution in [2.24, 2.45) is 0 Å². The zero-order valence-corrected chi connectivity index (χ0v) is 11.9. The molecule has 19 heavy (non-hydrogen) atoms. The number of halogens is 3. The molecule has 0 aliphatic rings. The highest BCUT2D eigenvalue weighted by atomic mass is 35.5. The first-order chi connectivity index (χ1) is 8.94. The SMILES string of the molecule is Cc1cc(C(=O)Nc2cc(Cl)nc(Cl)n2)cc(Cl)n1. The molecule has 8 heteroatoms. The maximum Gasteiger partial charge on any atom is 0.256 e. The lowest BCUT2D eigenvalue weighted by Crippen LogP contribution is -2.13. The van der Waals surface area contributed by atoms with Crippen molar-refractivity contribution in [3.8, 4) is 0 Å². The number of hydrogen-bond donors (Lipinski definition) is 1. The van der Waals surface area contributed by atoms with Gasteiger partial charge in [-0.2, -0.15) is 0 Å². The Hall–Kier alpha value is -1.43. The van der Waals surface area contributed by atoms with Crippen LogP contribution in [0.3, 0.4) is 0 Å². The molecule has 5 nitrogen and oxygen atoms in total. The third-order valence-electron chi connectivity index (χ3n) is 2.09. The van der Waals surface area contributed by atoms with Gasteiger partial charge in [0.15, 0.2) is 0 Å². The van der Waals surface area contributed by atoms with E-state index >= 15 is 0 Å². The summed E-state index contributed by atoms with van der Waals surface area (Å²) in [6, 6.07) is 4.45.